The van der Waals surface area contributed by atoms with Crippen LogP contribution in [0.2, 0.25) is 0 Å². The Morgan fingerprint density at radius 3 is 2.90 bits per heavy atom. The van der Waals surface area contributed by atoms with E-state index in [9.17, 15) is 0 Å². The topological polar surface area (TPSA) is 46.0 Å². The van der Waals surface area contributed by atoms with Crippen LogP contribution in [0, 0.1) is 5.92 Å². The molecule has 1 aromatic heterocycles. The van der Waals surface area contributed by atoms with Gasteiger partial charge in [0.15, 0.2) is 0 Å². The van der Waals surface area contributed by atoms with Crippen molar-refractivity contribution in [2.24, 2.45) is 5.92 Å². The molecule has 1 N–H and O–H groups in total. The average molecular weight is 277 g/mol. The molecular formula is C15H27N5. The SMILES string of the molecule is CCCC1CNC(C2CC2)CN1Cc1ncnn1CC. The first kappa shape index (κ1) is 14.0. The van der Waals surface area contributed by atoms with Crippen molar-refractivity contribution < 1.29 is 0 Å². The second-order valence-corrected chi connectivity index (χ2v) is 6.22. The lowest BCUT2D eigenvalue weighted by molar-refractivity contribution is 0.103. The van der Waals surface area contributed by atoms with Crippen LogP contribution in [0.4, 0.5) is 0 Å². The highest BCUT2D eigenvalue weighted by Gasteiger charge is 2.37. The Kier molecular flexibility index (Phi) is 4.36. The van der Waals surface area contributed by atoms with Crippen molar-refractivity contribution in [2.45, 2.75) is 64.7 Å². The molecule has 1 aliphatic heterocycles. The van der Waals surface area contributed by atoms with Gasteiger partial charge in [0.25, 0.3) is 0 Å². The van der Waals surface area contributed by atoms with Gasteiger partial charge in [0, 0.05) is 31.7 Å². The third-order valence-corrected chi connectivity index (χ3v) is 4.72. The molecule has 0 spiro atoms. The molecule has 112 valence electrons. The van der Waals surface area contributed by atoms with E-state index >= 15 is 0 Å². The number of rotatable bonds is 6. The van der Waals surface area contributed by atoms with Gasteiger partial charge in [-0.05, 0) is 32.1 Å². The summed E-state index contributed by atoms with van der Waals surface area (Å²) in [4.78, 5) is 7.09. The molecule has 2 fully saturated rings. The molecule has 5 heteroatoms. The fourth-order valence-corrected chi connectivity index (χ4v) is 3.36. The van der Waals surface area contributed by atoms with Gasteiger partial charge in [-0.2, -0.15) is 5.10 Å². The van der Waals surface area contributed by atoms with Crippen LogP contribution in [-0.2, 0) is 13.1 Å². The molecule has 1 aliphatic carbocycles. The van der Waals surface area contributed by atoms with Crippen LogP contribution in [0.25, 0.3) is 0 Å². The number of nitrogens with one attached hydrogen (secondary N) is 1. The molecule has 1 aromatic rings. The van der Waals surface area contributed by atoms with Gasteiger partial charge in [-0.3, -0.25) is 4.90 Å². The third kappa shape index (κ3) is 3.04. The van der Waals surface area contributed by atoms with Crippen LogP contribution < -0.4 is 5.32 Å². The Bertz CT molecular complexity index is 426. The molecule has 0 radical (unpaired) electrons. The summed E-state index contributed by atoms with van der Waals surface area (Å²) in [5, 5.41) is 8.07. The van der Waals surface area contributed by atoms with Gasteiger partial charge in [-0.15, -0.1) is 0 Å². The van der Waals surface area contributed by atoms with E-state index in [2.05, 4.69) is 34.1 Å². The molecule has 5 nitrogen and oxygen atoms in total. The number of hydrogen-bond acceptors (Lipinski definition) is 4. The molecule has 2 aliphatic rings. The summed E-state index contributed by atoms with van der Waals surface area (Å²) in [7, 11) is 0. The van der Waals surface area contributed by atoms with Crippen molar-refractivity contribution in [3.05, 3.63) is 12.2 Å². The molecule has 0 bridgehead atoms. The summed E-state index contributed by atoms with van der Waals surface area (Å²) in [6.07, 6.45) is 7.03. The summed E-state index contributed by atoms with van der Waals surface area (Å²) >= 11 is 0. The highest BCUT2D eigenvalue weighted by Crippen LogP contribution is 2.34. The Hall–Kier alpha value is -0.940. The number of hydrogen-bond donors (Lipinski definition) is 1. The lowest BCUT2D eigenvalue weighted by Gasteiger charge is -2.40. The van der Waals surface area contributed by atoms with Crippen molar-refractivity contribution in [1.82, 2.24) is 25.0 Å². The summed E-state index contributed by atoms with van der Waals surface area (Å²) in [5.41, 5.74) is 0. The van der Waals surface area contributed by atoms with Crippen LogP contribution in [0.15, 0.2) is 6.33 Å². The lowest BCUT2D eigenvalue weighted by Crippen LogP contribution is -2.56. The molecule has 1 saturated heterocycles. The fraction of sp³-hybridized carbons (Fsp3) is 0.867. The van der Waals surface area contributed by atoms with Crippen molar-refractivity contribution in [3.8, 4) is 0 Å². The Balaban J connectivity index is 1.68. The Morgan fingerprint density at radius 1 is 1.35 bits per heavy atom. The van der Waals surface area contributed by atoms with Crippen LogP contribution >= 0.6 is 0 Å². The summed E-state index contributed by atoms with van der Waals surface area (Å²) in [6.45, 7) is 8.57. The van der Waals surface area contributed by atoms with E-state index in [1.54, 1.807) is 6.33 Å². The van der Waals surface area contributed by atoms with Gasteiger partial charge in [-0.25, -0.2) is 9.67 Å². The van der Waals surface area contributed by atoms with E-state index in [4.69, 9.17) is 0 Å². The largest absolute Gasteiger partial charge is 0.311 e. The maximum atomic E-state index is 4.45. The van der Waals surface area contributed by atoms with Crippen LogP contribution in [0.1, 0.15) is 45.4 Å². The van der Waals surface area contributed by atoms with Gasteiger partial charge in [0.2, 0.25) is 0 Å². The highest BCUT2D eigenvalue weighted by atomic mass is 15.4. The average Bonchev–Trinajstić information content (AvgIpc) is 3.21. The van der Waals surface area contributed by atoms with Crippen molar-refractivity contribution in [1.29, 1.82) is 0 Å². The van der Waals surface area contributed by atoms with Gasteiger partial charge < -0.3 is 5.32 Å². The number of aromatic nitrogens is 3. The fourth-order valence-electron chi connectivity index (χ4n) is 3.36. The minimum Gasteiger partial charge on any atom is -0.311 e. The van der Waals surface area contributed by atoms with Crippen LogP contribution in [0.5, 0.6) is 0 Å². The maximum absolute atomic E-state index is 4.45. The van der Waals surface area contributed by atoms with Crippen LogP contribution in [0.3, 0.4) is 0 Å². The van der Waals surface area contributed by atoms with Gasteiger partial charge in [0.05, 0.1) is 6.54 Å². The highest BCUT2D eigenvalue weighted by molar-refractivity contribution is 4.96. The predicted octanol–water partition coefficient (Wildman–Crippen LogP) is 1.65. The van der Waals surface area contributed by atoms with E-state index in [1.165, 1.54) is 32.2 Å². The standard InChI is InChI=1S/C15H27N5/c1-3-5-13-8-16-14(12-6-7-12)9-19(13)10-15-17-11-18-20(15)4-2/h11-14,16H,3-10H2,1-2H3. The molecule has 20 heavy (non-hydrogen) atoms. The Labute approximate surface area is 121 Å². The van der Waals surface area contributed by atoms with E-state index in [0.717, 1.165) is 31.4 Å². The summed E-state index contributed by atoms with van der Waals surface area (Å²) < 4.78 is 2.02. The smallest absolute Gasteiger partial charge is 0.141 e. The molecule has 1 saturated carbocycles. The second-order valence-electron chi connectivity index (χ2n) is 6.22. The maximum Gasteiger partial charge on any atom is 0.141 e. The van der Waals surface area contributed by atoms with E-state index in [1.807, 2.05) is 4.68 Å². The monoisotopic (exact) mass is 277 g/mol. The van der Waals surface area contributed by atoms with E-state index in [0.29, 0.717) is 12.1 Å². The quantitative estimate of drug-likeness (QED) is 0.859. The number of piperazine rings is 1. The van der Waals surface area contributed by atoms with Crippen molar-refractivity contribution >= 4 is 0 Å². The van der Waals surface area contributed by atoms with Gasteiger partial charge >= 0.3 is 0 Å². The summed E-state index contributed by atoms with van der Waals surface area (Å²) in [5.74, 6) is 2.04. The molecule has 3 rings (SSSR count). The first-order valence-corrected chi connectivity index (χ1v) is 8.16. The molecule has 0 amide bonds. The third-order valence-electron chi connectivity index (χ3n) is 4.72. The molecular weight excluding hydrogens is 250 g/mol. The van der Waals surface area contributed by atoms with Gasteiger partial charge in [0.1, 0.15) is 12.2 Å². The zero-order valence-electron chi connectivity index (χ0n) is 12.8. The normalized spacial score (nSPS) is 27.9. The second kappa shape index (κ2) is 6.22. The molecule has 2 unspecified atom stereocenters. The zero-order valence-corrected chi connectivity index (χ0v) is 12.8. The van der Waals surface area contributed by atoms with Crippen molar-refractivity contribution in [3.63, 3.8) is 0 Å². The molecule has 2 heterocycles. The summed E-state index contributed by atoms with van der Waals surface area (Å²) in [6, 6.07) is 1.35. The van der Waals surface area contributed by atoms with Crippen LogP contribution in [-0.4, -0.2) is 44.8 Å². The lowest BCUT2D eigenvalue weighted by atomic mass is 10.0. The minimum absolute atomic E-state index is 0.650. The Morgan fingerprint density at radius 2 is 2.20 bits per heavy atom. The van der Waals surface area contributed by atoms with Gasteiger partial charge in [-0.1, -0.05) is 13.3 Å². The zero-order chi connectivity index (χ0) is 13.9. The van der Waals surface area contributed by atoms with E-state index in [-0.39, 0.29) is 0 Å². The minimum atomic E-state index is 0.650. The predicted molar refractivity (Wildman–Crippen MR) is 79.3 cm³/mol. The molecule has 0 aromatic carbocycles. The number of nitrogens with zero attached hydrogens (tertiary/aromatic N) is 4. The first-order chi connectivity index (χ1) is 9.81. The van der Waals surface area contributed by atoms with E-state index < -0.39 is 0 Å². The first-order valence-electron chi connectivity index (χ1n) is 8.16. The van der Waals surface area contributed by atoms with Crippen molar-refractivity contribution in [2.75, 3.05) is 13.1 Å². The molecule has 2 atom stereocenters. The number of aryl methyl sites for hydroxylation is 1.